The zero-order valence-electron chi connectivity index (χ0n) is 12.8. The van der Waals surface area contributed by atoms with Gasteiger partial charge in [0.2, 0.25) is 5.91 Å². The molecule has 1 aromatic carbocycles. The molecule has 0 unspecified atom stereocenters. The second-order valence-electron chi connectivity index (χ2n) is 5.25. The highest BCUT2D eigenvalue weighted by Crippen LogP contribution is 2.23. The number of nitrogens with zero attached hydrogens (tertiary/aromatic N) is 4. The van der Waals surface area contributed by atoms with Gasteiger partial charge in [-0.15, -0.1) is 0 Å². The fourth-order valence-electron chi connectivity index (χ4n) is 2.36. The molecule has 0 aliphatic rings. The van der Waals surface area contributed by atoms with Crippen LogP contribution < -0.4 is 5.32 Å². The first-order valence-electron chi connectivity index (χ1n) is 7.49. The van der Waals surface area contributed by atoms with Gasteiger partial charge in [-0.3, -0.25) is 14.5 Å². The minimum absolute atomic E-state index is 0.0747. The number of amides is 1. The van der Waals surface area contributed by atoms with Gasteiger partial charge in [-0.05, 0) is 29.3 Å². The van der Waals surface area contributed by atoms with Gasteiger partial charge < -0.3 is 5.32 Å². The molecule has 1 amide bonds. The molecule has 2 aromatic heterocycles. The number of halogens is 1. The topological polar surface area (TPSA) is 72.7 Å². The maximum absolute atomic E-state index is 12.3. The molecular weight excluding hydrogens is 326 g/mol. The molecule has 0 saturated carbocycles. The molecule has 0 spiro atoms. The van der Waals surface area contributed by atoms with Gasteiger partial charge in [0.15, 0.2) is 0 Å². The minimum atomic E-state index is -0.279. The Kier molecular flexibility index (Phi) is 5.18. The molecule has 0 radical (unpaired) electrons. The SMILES string of the molecule is O=C(CCn1cncn1)N[C@@H](c1ccc(Cl)cc1)c1cccnc1. The van der Waals surface area contributed by atoms with E-state index in [2.05, 4.69) is 20.4 Å². The summed E-state index contributed by atoms with van der Waals surface area (Å²) in [5, 5.41) is 7.70. The molecule has 122 valence electrons. The van der Waals surface area contributed by atoms with Crippen LogP contribution in [0.1, 0.15) is 23.6 Å². The maximum atomic E-state index is 12.3. The lowest BCUT2D eigenvalue weighted by molar-refractivity contribution is -0.121. The Morgan fingerprint density at radius 2 is 2.00 bits per heavy atom. The second kappa shape index (κ2) is 7.70. The molecule has 7 heteroatoms. The number of aryl methyl sites for hydroxylation is 1. The number of carbonyl (C=O) groups excluding carboxylic acids is 1. The summed E-state index contributed by atoms with van der Waals surface area (Å²) in [4.78, 5) is 20.3. The zero-order valence-corrected chi connectivity index (χ0v) is 13.6. The summed E-state index contributed by atoms with van der Waals surface area (Å²) in [5.74, 6) is -0.0747. The van der Waals surface area contributed by atoms with E-state index in [1.807, 2.05) is 36.4 Å². The Morgan fingerprint density at radius 1 is 1.17 bits per heavy atom. The van der Waals surface area contributed by atoms with Crippen LogP contribution in [0.4, 0.5) is 0 Å². The van der Waals surface area contributed by atoms with Crippen LogP contribution in [0.3, 0.4) is 0 Å². The van der Waals surface area contributed by atoms with Gasteiger partial charge in [0.25, 0.3) is 0 Å². The Hall–Kier alpha value is -2.73. The summed E-state index contributed by atoms with van der Waals surface area (Å²) in [6.45, 7) is 0.478. The van der Waals surface area contributed by atoms with Gasteiger partial charge in [-0.2, -0.15) is 5.10 Å². The lowest BCUT2D eigenvalue weighted by Gasteiger charge is -2.19. The summed E-state index contributed by atoms with van der Waals surface area (Å²) in [6, 6.07) is 10.9. The van der Waals surface area contributed by atoms with Gasteiger partial charge in [-0.1, -0.05) is 29.8 Å². The highest BCUT2D eigenvalue weighted by Gasteiger charge is 2.17. The number of hydrogen-bond acceptors (Lipinski definition) is 4. The lowest BCUT2D eigenvalue weighted by atomic mass is 10.00. The zero-order chi connectivity index (χ0) is 16.8. The first-order chi connectivity index (χ1) is 11.7. The van der Waals surface area contributed by atoms with Crippen molar-refractivity contribution in [3.63, 3.8) is 0 Å². The smallest absolute Gasteiger partial charge is 0.222 e. The van der Waals surface area contributed by atoms with E-state index in [0.29, 0.717) is 18.0 Å². The van der Waals surface area contributed by atoms with E-state index in [0.717, 1.165) is 11.1 Å². The molecular formula is C17H16ClN5O. The van der Waals surface area contributed by atoms with Crippen molar-refractivity contribution in [2.45, 2.75) is 19.0 Å². The number of carbonyl (C=O) groups is 1. The largest absolute Gasteiger partial charge is 0.345 e. The average molecular weight is 342 g/mol. The van der Waals surface area contributed by atoms with Crippen molar-refractivity contribution in [1.29, 1.82) is 0 Å². The Morgan fingerprint density at radius 3 is 2.67 bits per heavy atom. The Balaban J connectivity index is 1.74. The molecule has 1 atom stereocenters. The first-order valence-corrected chi connectivity index (χ1v) is 7.87. The highest BCUT2D eigenvalue weighted by molar-refractivity contribution is 6.30. The number of aromatic nitrogens is 4. The standard InChI is InChI=1S/C17H16ClN5O/c18-15-5-3-13(4-6-15)17(14-2-1-8-19-10-14)22-16(24)7-9-23-12-20-11-21-23/h1-6,8,10-12,17H,7,9H2,(H,22,24)/t17-/m0/s1. The summed E-state index contributed by atoms with van der Waals surface area (Å²) < 4.78 is 1.63. The molecule has 6 nitrogen and oxygen atoms in total. The summed E-state index contributed by atoms with van der Waals surface area (Å²) in [7, 11) is 0. The van der Waals surface area contributed by atoms with E-state index in [1.54, 1.807) is 23.4 Å². The lowest BCUT2D eigenvalue weighted by Crippen LogP contribution is -2.30. The van der Waals surface area contributed by atoms with E-state index in [9.17, 15) is 4.79 Å². The number of hydrogen-bond donors (Lipinski definition) is 1. The maximum Gasteiger partial charge on any atom is 0.222 e. The van der Waals surface area contributed by atoms with E-state index in [-0.39, 0.29) is 11.9 Å². The third-order valence-electron chi connectivity index (χ3n) is 3.56. The van der Waals surface area contributed by atoms with E-state index < -0.39 is 0 Å². The van der Waals surface area contributed by atoms with E-state index in [4.69, 9.17) is 11.6 Å². The van der Waals surface area contributed by atoms with Crippen LogP contribution in [0, 0.1) is 0 Å². The summed E-state index contributed by atoms with van der Waals surface area (Å²) in [6.07, 6.45) is 6.80. The quantitative estimate of drug-likeness (QED) is 0.748. The van der Waals surface area contributed by atoms with Crippen molar-refractivity contribution in [3.8, 4) is 0 Å². The molecule has 24 heavy (non-hydrogen) atoms. The number of pyridine rings is 1. The molecule has 2 heterocycles. The molecule has 0 saturated heterocycles. The molecule has 0 aliphatic heterocycles. The normalized spacial score (nSPS) is 11.9. The van der Waals surface area contributed by atoms with Crippen molar-refractivity contribution < 1.29 is 4.79 Å². The fourth-order valence-corrected chi connectivity index (χ4v) is 2.48. The van der Waals surface area contributed by atoms with E-state index in [1.165, 1.54) is 6.33 Å². The van der Waals surface area contributed by atoms with Crippen LogP contribution in [0.5, 0.6) is 0 Å². The minimum Gasteiger partial charge on any atom is -0.345 e. The van der Waals surface area contributed by atoms with Gasteiger partial charge in [0.05, 0.1) is 12.6 Å². The number of nitrogens with one attached hydrogen (secondary N) is 1. The Bertz CT molecular complexity index is 775. The van der Waals surface area contributed by atoms with Gasteiger partial charge in [0.1, 0.15) is 12.7 Å². The van der Waals surface area contributed by atoms with E-state index >= 15 is 0 Å². The van der Waals surface area contributed by atoms with Crippen molar-refractivity contribution in [3.05, 3.63) is 77.6 Å². The van der Waals surface area contributed by atoms with Crippen molar-refractivity contribution in [2.24, 2.45) is 0 Å². The van der Waals surface area contributed by atoms with Crippen LogP contribution in [-0.2, 0) is 11.3 Å². The molecule has 0 bridgehead atoms. The van der Waals surface area contributed by atoms with Crippen LogP contribution in [0.2, 0.25) is 5.02 Å². The van der Waals surface area contributed by atoms with Crippen LogP contribution in [0.25, 0.3) is 0 Å². The second-order valence-corrected chi connectivity index (χ2v) is 5.68. The predicted octanol–water partition coefficient (Wildman–Crippen LogP) is 2.62. The summed E-state index contributed by atoms with van der Waals surface area (Å²) >= 11 is 5.96. The van der Waals surface area contributed by atoms with Gasteiger partial charge >= 0.3 is 0 Å². The van der Waals surface area contributed by atoms with Crippen molar-refractivity contribution in [2.75, 3.05) is 0 Å². The molecule has 1 N–H and O–H groups in total. The molecule has 0 fully saturated rings. The number of rotatable bonds is 6. The predicted molar refractivity (Wildman–Crippen MR) is 90.3 cm³/mol. The fraction of sp³-hybridized carbons (Fsp3) is 0.176. The summed E-state index contributed by atoms with van der Waals surface area (Å²) in [5.41, 5.74) is 1.86. The third kappa shape index (κ3) is 4.17. The average Bonchev–Trinajstić information content (AvgIpc) is 3.13. The highest BCUT2D eigenvalue weighted by atomic mass is 35.5. The monoisotopic (exact) mass is 341 g/mol. The Labute approximate surface area is 144 Å². The number of benzene rings is 1. The molecule has 0 aliphatic carbocycles. The molecule has 3 aromatic rings. The van der Waals surface area contributed by atoms with Crippen LogP contribution in [0.15, 0.2) is 61.4 Å². The third-order valence-corrected chi connectivity index (χ3v) is 3.81. The molecule has 3 rings (SSSR count). The first kappa shape index (κ1) is 16.1. The van der Waals surface area contributed by atoms with Gasteiger partial charge in [0, 0.05) is 23.8 Å². The van der Waals surface area contributed by atoms with Crippen molar-refractivity contribution >= 4 is 17.5 Å². The van der Waals surface area contributed by atoms with Crippen molar-refractivity contribution in [1.82, 2.24) is 25.1 Å². The van der Waals surface area contributed by atoms with Gasteiger partial charge in [-0.25, -0.2) is 4.98 Å². The van der Waals surface area contributed by atoms with Crippen LogP contribution >= 0.6 is 11.6 Å². The van der Waals surface area contributed by atoms with Crippen LogP contribution in [-0.4, -0.2) is 25.7 Å².